The third kappa shape index (κ3) is 3.07. The van der Waals surface area contributed by atoms with Crippen LogP contribution >= 0.6 is 0 Å². The Balaban J connectivity index is 1.92. The van der Waals surface area contributed by atoms with Crippen LogP contribution in [0.4, 0.5) is 0 Å². The van der Waals surface area contributed by atoms with Gasteiger partial charge in [-0.2, -0.15) is 0 Å². The Morgan fingerprint density at radius 1 is 1.44 bits per heavy atom. The monoisotopic (exact) mass is 251 g/mol. The van der Waals surface area contributed by atoms with Crippen molar-refractivity contribution in [1.29, 1.82) is 0 Å². The molecule has 4 heteroatoms. The lowest BCUT2D eigenvalue weighted by Crippen LogP contribution is -2.38. The molecular formula is C14H21NO3. The van der Waals surface area contributed by atoms with E-state index in [2.05, 4.69) is 12.2 Å². The molecule has 18 heavy (non-hydrogen) atoms. The number of ether oxygens (including phenoxy) is 3. The smallest absolute Gasteiger partial charge is 0.204 e. The number of unbranched alkanes of at least 4 members (excludes halogenated alkanes) is 1. The molecular weight excluding hydrogens is 230 g/mol. The molecule has 4 nitrogen and oxygen atoms in total. The van der Waals surface area contributed by atoms with E-state index in [1.165, 1.54) is 12.8 Å². The second-order valence-electron chi connectivity index (χ2n) is 4.40. The highest BCUT2D eigenvalue weighted by molar-refractivity contribution is 5.52. The Hall–Kier alpha value is -1.42. The molecule has 100 valence electrons. The Bertz CT molecular complexity index is 367. The van der Waals surface area contributed by atoms with Crippen LogP contribution < -0.4 is 19.5 Å². The molecule has 1 N–H and O–H groups in total. The Kier molecular flexibility index (Phi) is 4.70. The molecule has 1 aliphatic heterocycles. The van der Waals surface area contributed by atoms with E-state index in [0.29, 0.717) is 12.4 Å². The molecule has 0 aromatic heterocycles. The van der Waals surface area contributed by atoms with Gasteiger partial charge >= 0.3 is 0 Å². The molecule has 1 aromatic rings. The van der Waals surface area contributed by atoms with Gasteiger partial charge in [0.15, 0.2) is 11.5 Å². The van der Waals surface area contributed by atoms with Crippen molar-refractivity contribution in [3.63, 3.8) is 0 Å². The lowest BCUT2D eigenvalue weighted by atomic mass is 10.2. The lowest BCUT2D eigenvalue weighted by molar-refractivity contribution is 0.0865. The minimum atomic E-state index is 0.0469. The standard InChI is InChI=1S/C14H21NO3/c1-3-4-8-15-9-11-10-17-13-7-5-6-12(16-2)14(13)18-11/h5-7,11,15H,3-4,8-10H2,1-2H3. The van der Waals surface area contributed by atoms with Gasteiger partial charge in [-0.15, -0.1) is 0 Å². The van der Waals surface area contributed by atoms with Crippen molar-refractivity contribution in [3.8, 4) is 17.2 Å². The molecule has 0 spiro atoms. The van der Waals surface area contributed by atoms with Crippen LogP contribution in [0.3, 0.4) is 0 Å². The summed E-state index contributed by atoms with van der Waals surface area (Å²) in [4.78, 5) is 0. The first-order chi connectivity index (χ1) is 8.85. The second-order valence-corrected chi connectivity index (χ2v) is 4.40. The average molecular weight is 251 g/mol. The van der Waals surface area contributed by atoms with Crippen LogP contribution in [-0.2, 0) is 0 Å². The zero-order valence-corrected chi connectivity index (χ0v) is 11.1. The van der Waals surface area contributed by atoms with Crippen LogP contribution in [0.5, 0.6) is 17.2 Å². The van der Waals surface area contributed by atoms with Crippen LogP contribution in [0, 0.1) is 0 Å². The molecule has 0 saturated heterocycles. The number of benzene rings is 1. The minimum Gasteiger partial charge on any atom is -0.493 e. The topological polar surface area (TPSA) is 39.7 Å². The van der Waals surface area contributed by atoms with Crippen LogP contribution in [0.25, 0.3) is 0 Å². The average Bonchev–Trinajstić information content (AvgIpc) is 2.43. The number of nitrogens with one attached hydrogen (secondary N) is 1. The van der Waals surface area contributed by atoms with Crippen molar-refractivity contribution >= 4 is 0 Å². The summed E-state index contributed by atoms with van der Waals surface area (Å²) < 4.78 is 16.9. The fraction of sp³-hybridized carbons (Fsp3) is 0.571. The van der Waals surface area contributed by atoms with Crippen LogP contribution in [0.15, 0.2) is 18.2 Å². The molecule has 0 amide bonds. The van der Waals surface area contributed by atoms with Gasteiger partial charge in [-0.25, -0.2) is 0 Å². The Morgan fingerprint density at radius 3 is 3.11 bits per heavy atom. The normalized spacial score (nSPS) is 17.6. The molecule has 2 rings (SSSR count). The number of hydrogen-bond acceptors (Lipinski definition) is 4. The van der Waals surface area contributed by atoms with E-state index in [1.807, 2.05) is 18.2 Å². The van der Waals surface area contributed by atoms with Gasteiger partial charge in [0.2, 0.25) is 5.75 Å². The minimum absolute atomic E-state index is 0.0469. The molecule has 1 atom stereocenters. The largest absolute Gasteiger partial charge is 0.493 e. The molecule has 0 saturated carbocycles. The van der Waals surface area contributed by atoms with Crippen molar-refractivity contribution < 1.29 is 14.2 Å². The Labute approximate surface area is 108 Å². The number of hydrogen-bond donors (Lipinski definition) is 1. The first kappa shape index (κ1) is 13.0. The maximum Gasteiger partial charge on any atom is 0.204 e. The molecule has 0 fully saturated rings. The first-order valence-corrected chi connectivity index (χ1v) is 6.52. The van der Waals surface area contributed by atoms with Crippen LogP contribution in [0.2, 0.25) is 0 Å². The van der Waals surface area contributed by atoms with E-state index in [1.54, 1.807) is 7.11 Å². The van der Waals surface area contributed by atoms with E-state index in [9.17, 15) is 0 Å². The highest BCUT2D eigenvalue weighted by Crippen LogP contribution is 2.39. The summed E-state index contributed by atoms with van der Waals surface area (Å²) in [5.74, 6) is 2.21. The molecule has 0 radical (unpaired) electrons. The van der Waals surface area contributed by atoms with E-state index in [4.69, 9.17) is 14.2 Å². The fourth-order valence-corrected chi connectivity index (χ4v) is 1.94. The van der Waals surface area contributed by atoms with E-state index in [0.717, 1.165) is 24.6 Å². The molecule has 1 aliphatic rings. The summed E-state index contributed by atoms with van der Waals surface area (Å²) in [7, 11) is 1.64. The summed E-state index contributed by atoms with van der Waals surface area (Å²) in [6, 6.07) is 5.69. The third-order valence-corrected chi connectivity index (χ3v) is 2.95. The predicted molar refractivity (Wildman–Crippen MR) is 70.7 cm³/mol. The Morgan fingerprint density at radius 2 is 2.33 bits per heavy atom. The maximum absolute atomic E-state index is 5.92. The van der Waals surface area contributed by atoms with Gasteiger partial charge in [0.1, 0.15) is 12.7 Å². The third-order valence-electron chi connectivity index (χ3n) is 2.95. The fourth-order valence-electron chi connectivity index (χ4n) is 1.94. The molecule has 0 aliphatic carbocycles. The summed E-state index contributed by atoms with van der Waals surface area (Å²) in [6.07, 6.45) is 2.43. The highest BCUT2D eigenvalue weighted by atomic mass is 16.6. The number of para-hydroxylation sites is 1. The summed E-state index contributed by atoms with van der Waals surface area (Å²) in [6.45, 7) is 4.59. The predicted octanol–water partition coefficient (Wildman–Crippen LogP) is 2.22. The van der Waals surface area contributed by atoms with Crippen molar-refractivity contribution in [2.45, 2.75) is 25.9 Å². The second kappa shape index (κ2) is 6.50. The van der Waals surface area contributed by atoms with Crippen LogP contribution in [-0.4, -0.2) is 32.9 Å². The summed E-state index contributed by atoms with van der Waals surface area (Å²) in [5.41, 5.74) is 0. The lowest BCUT2D eigenvalue weighted by Gasteiger charge is -2.27. The SMILES string of the molecule is CCCCNCC1COc2cccc(OC)c2O1. The van der Waals surface area contributed by atoms with Gasteiger partial charge in [0, 0.05) is 6.54 Å². The zero-order valence-electron chi connectivity index (χ0n) is 11.1. The number of fused-ring (bicyclic) bond motifs is 1. The zero-order chi connectivity index (χ0) is 12.8. The van der Waals surface area contributed by atoms with Gasteiger partial charge in [0.05, 0.1) is 7.11 Å². The van der Waals surface area contributed by atoms with Crippen molar-refractivity contribution in [2.75, 3.05) is 26.8 Å². The van der Waals surface area contributed by atoms with Gasteiger partial charge in [-0.05, 0) is 25.1 Å². The number of methoxy groups -OCH3 is 1. The quantitative estimate of drug-likeness (QED) is 0.787. The number of rotatable bonds is 6. The van der Waals surface area contributed by atoms with E-state index < -0.39 is 0 Å². The van der Waals surface area contributed by atoms with Crippen LogP contribution in [0.1, 0.15) is 19.8 Å². The maximum atomic E-state index is 5.92. The van der Waals surface area contributed by atoms with Gasteiger partial charge < -0.3 is 19.5 Å². The summed E-state index contributed by atoms with van der Waals surface area (Å²) >= 11 is 0. The summed E-state index contributed by atoms with van der Waals surface area (Å²) in [5, 5.41) is 3.38. The van der Waals surface area contributed by atoms with Gasteiger partial charge in [-0.3, -0.25) is 0 Å². The highest BCUT2D eigenvalue weighted by Gasteiger charge is 2.23. The van der Waals surface area contributed by atoms with Crippen molar-refractivity contribution in [2.24, 2.45) is 0 Å². The van der Waals surface area contributed by atoms with Crippen molar-refractivity contribution in [1.82, 2.24) is 5.32 Å². The molecule has 0 bridgehead atoms. The van der Waals surface area contributed by atoms with E-state index >= 15 is 0 Å². The van der Waals surface area contributed by atoms with E-state index in [-0.39, 0.29) is 6.10 Å². The van der Waals surface area contributed by atoms with Gasteiger partial charge in [0.25, 0.3) is 0 Å². The van der Waals surface area contributed by atoms with Crippen molar-refractivity contribution in [3.05, 3.63) is 18.2 Å². The molecule has 1 unspecified atom stereocenters. The first-order valence-electron chi connectivity index (χ1n) is 6.52. The molecule has 1 heterocycles. The molecule has 1 aromatic carbocycles. The van der Waals surface area contributed by atoms with Gasteiger partial charge in [-0.1, -0.05) is 19.4 Å².